The maximum absolute atomic E-state index is 11.4. The Hall–Kier alpha value is -1.79. The van der Waals surface area contributed by atoms with E-state index in [2.05, 4.69) is 22.4 Å². The van der Waals surface area contributed by atoms with Crippen molar-refractivity contribution >= 4 is 6.09 Å². The van der Waals surface area contributed by atoms with Gasteiger partial charge in [0.15, 0.2) is 0 Å². The Kier molecular flexibility index (Phi) is 10.0. The number of ether oxygens (including phenoxy) is 1. The van der Waals surface area contributed by atoms with Gasteiger partial charge in [-0.25, -0.2) is 4.79 Å². The number of rotatable bonds is 9. The third-order valence-corrected chi connectivity index (χ3v) is 2.65. The average Bonchev–Trinajstić information content (AvgIpc) is 2.38. The number of carbonyl (C=O) groups excluding carboxylic acids is 1. The van der Waals surface area contributed by atoms with Gasteiger partial charge in [-0.05, 0) is 40.2 Å². The zero-order valence-electron chi connectivity index (χ0n) is 13.3. The lowest BCUT2D eigenvalue weighted by Gasteiger charge is -2.21. The summed E-state index contributed by atoms with van der Waals surface area (Å²) in [5.74, 6) is 0. The Balaban J connectivity index is 3.77. The molecule has 0 saturated carbocycles. The van der Waals surface area contributed by atoms with Crippen molar-refractivity contribution in [2.75, 3.05) is 26.2 Å². The largest absolute Gasteiger partial charge is 0.444 e. The standard InChI is InChI=1S/C15H26N4O2/c1-15(2,3)21-14(20)18-10-4-5-11-19(12-6-8-16)13-7-9-17/h4-7,10-13H2,1-3H3,(H,18,20). The number of nitrogens with zero attached hydrogens (tertiary/aromatic N) is 3. The van der Waals surface area contributed by atoms with Crippen molar-refractivity contribution < 1.29 is 9.53 Å². The molecule has 0 fully saturated rings. The van der Waals surface area contributed by atoms with E-state index in [1.165, 1.54) is 0 Å². The molecular formula is C15H26N4O2. The monoisotopic (exact) mass is 294 g/mol. The van der Waals surface area contributed by atoms with Crippen LogP contribution in [-0.4, -0.2) is 42.8 Å². The molecule has 0 aliphatic rings. The van der Waals surface area contributed by atoms with E-state index in [1.807, 2.05) is 20.8 Å². The molecule has 0 heterocycles. The lowest BCUT2D eigenvalue weighted by molar-refractivity contribution is 0.0526. The summed E-state index contributed by atoms with van der Waals surface area (Å²) >= 11 is 0. The summed E-state index contributed by atoms with van der Waals surface area (Å²) in [5.41, 5.74) is -0.477. The molecule has 0 aliphatic carbocycles. The summed E-state index contributed by atoms with van der Waals surface area (Å²) in [6.07, 6.45) is 2.30. The van der Waals surface area contributed by atoms with E-state index in [0.29, 0.717) is 32.5 Å². The number of hydrogen-bond acceptors (Lipinski definition) is 5. The minimum atomic E-state index is -0.477. The molecular weight excluding hydrogens is 268 g/mol. The van der Waals surface area contributed by atoms with E-state index >= 15 is 0 Å². The third kappa shape index (κ3) is 13.0. The van der Waals surface area contributed by atoms with E-state index < -0.39 is 11.7 Å². The SMILES string of the molecule is CC(C)(C)OC(=O)NCCCCN(CCC#N)CCC#N. The molecule has 0 aromatic rings. The van der Waals surface area contributed by atoms with Gasteiger partial charge in [-0.3, -0.25) is 0 Å². The number of amides is 1. The first-order valence-electron chi connectivity index (χ1n) is 7.32. The Morgan fingerprint density at radius 2 is 1.67 bits per heavy atom. The molecule has 0 bridgehead atoms. The topological polar surface area (TPSA) is 89.2 Å². The van der Waals surface area contributed by atoms with Gasteiger partial charge in [-0.15, -0.1) is 0 Å². The first-order chi connectivity index (χ1) is 9.89. The summed E-state index contributed by atoms with van der Waals surface area (Å²) in [6.45, 7) is 8.27. The van der Waals surface area contributed by atoms with Crippen LogP contribution in [0.3, 0.4) is 0 Å². The second-order valence-electron chi connectivity index (χ2n) is 5.79. The maximum atomic E-state index is 11.4. The molecule has 0 saturated heterocycles. The molecule has 1 amide bonds. The van der Waals surface area contributed by atoms with E-state index in [1.54, 1.807) is 0 Å². The van der Waals surface area contributed by atoms with E-state index in [4.69, 9.17) is 15.3 Å². The number of carbonyl (C=O) groups is 1. The van der Waals surface area contributed by atoms with Gasteiger partial charge >= 0.3 is 6.09 Å². The quantitative estimate of drug-likeness (QED) is 0.660. The molecule has 118 valence electrons. The summed E-state index contributed by atoms with van der Waals surface area (Å²) in [6, 6.07) is 4.23. The zero-order chi connectivity index (χ0) is 16.1. The summed E-state index contributed by atoms with van der Waals surface area (Å²) in [5, 5.41) is 19.9. The van der Waals surface area contributed by atoms with Crippen molar-refractivity contribution in [2.24, 2.45) is 0 Å². The molecule has 1 N–H and O–H groups in total. The van der Waals surface area contributed by atoms with Crippen LogP contribution in [0.25, 0.3) is 0 Å². The molecule has 0 radical (unpaired) electrons. The first-order valence-corrected chi connectivity index (χ1v) is 7.32. The molecule has 0 aromatic heterocycles. The summed E-state index contributed by atoms with van der Waals surface area (Å²) < 4.78 is 5.14. The fourth-order valence-electron chi connectivity index (χ4n) is 1.72. The highest BCUT2D eigenvalue weighted by Crippen LogP contribution is 2.06. The average molecular weight is 294 g/mol. The number of nitrogens with one attached hydrogen (secondary N) is 1. The van der Waals surface area contributed by atoms with Crippen LogP contribution in [0.5, 0.6) is 0 Å². The van der Waals surface area contributed by atoms with Crippen LogP contribution in [-0.2, 0) is 4.74 Å². The molecule has 6 nitrogen and oxygen atoms in total. The van der Waals surface area contributed by atoms with Gasteiger partial charge in [0.2, 0.25) is 0 Å². The predicted octanol–water partition coefficient (Wildman–Crippen LogP) is 2.42. The fourth-order valence-corrected chi connectivity index (χ4v) is 1.72. The van der Waals surface area contributed by atoms with Crippen molar-refractivity contribution in [3.63, 3.8) is 0 Å². The Morgan fingerprint density at radius 3 is 2.14 bits per heavy atom. The van der Waals surface area contributed by atoms with Gasteiger partial charge in [-0.2, -0.15) is 10.5 Å². The van der Waals surface area contributed by atoms with Gasteiger partial charge in [0.25, 0.3) is 0 Å². The van der Waals surface area contributed by atoms with Gasteiger partial charge in [0.1, 0.15) is 5.60 Å². The summed E-state index contributed by atoms with van der Waals surface area (Å²) in [4.78, 5) is 13.5. The number of unbranched alkanes of at least 4 members (excludes halogenated alkanes) is 1. The van der Waals surface area contributed by atoms with Gasteiger partial charge < -0.3 is 15.0 Å². The van der Waals surface area contributed by atoms with Crippen molar-refractivity contribution in [1.82, 2.24) is 10.2 Å². The molecule has 0 aliphatic heterocycles. The normalized spacial score (nSPS) is 10.8. The smallest absolute Gasteiger partial charge is 0.407 e. The van der Waals surface area contributed by atoms with Crippen LogP contribution in [0, 0.1) is 22.7 Å². The lowest BCUT2D eigenvalue weighted by Crippen LogP contribution is -2.33. The van der Waals surface area contributed by atoms with Crippen LogP contribution in [0.4, 0.5) is 4.79 Å². The van der Waals surface area contributed by atoms with Crippen molar-refractivity contribution in [3.8, 4) is 12.1 Å². The number of nitriles is 2. The third-order valence-electron chi connectivity index (χ3n) is 2.65. The van der Waals surface area contributed by atoms with Crippen LogP contribution < -0.4 is 5.32 Å². The molecule has 6 heteroatoms. The van der Waals surface area contributed by atoms with Crippen molar-refractivity contribution in [3.05, 3.63) is 0 Å². The predicted molar refractivity (Wildman–Crippen MR) is 80.4 cm³/mol. The van der Waals surface area contributed by atoms with Crippen molar-refractivity contribution in [2.45, 2.75) is 52.1 Å². The van der Waals surface area contributed by atoms with Crippen LogP contribution >= 0.6 is 0 Å². The van der Waals surface area contributed by atoms with Crippen molar-refractivity contribution in [1.29, 1.82) is 10.5 Å². The van der Waals surface area contributed by atoms with Gasteiger partial charge in [0.05, 0.1) is 12.1 Å². The first kappa shape index (κ1) is 19.2. The van der Waals surface area contributed by atoms with Gasteiger partial charge in [0, 0.05) is 32.5 Å². The Morgan fingerprint density at radius 1 is 1.10 bits per heavy atom. The second kappa shape index (κ2) is 10.9. The number of hydrogen-bond donors (Lipinski definition) is 1. The van der Waals surface area contributed by atoms with E-state index in [9.17, 15) is 4.79 Å². The molecule has 0 atom stereocenters. The van der Waals surface area contributed by atoms with Crippen LogP contribution in [0.15, 0.2) is 0 Å². The Bertz CT molecular complexity index is 359. The van der Waals surface area contributed by atoms with Crippen LogP contribution in [0.1, 0.15) is 46.5 Å². The lowest BCUT2D eigenvalue weighted by atomic mass is 10.2. The maximum Gasteiger partial charge on any atom is 0.407 e. The Labute approximate surface area is 127 Å². The molecule has 21 heavy (non-hydrogen) atoms. The highest BCUT2D eigenvalue weighted by atomic mass is 16.6. The second-order valence-corrected chi connectivity index (χ2v) is 5.79. The number of alkyl carbamates (subject to hydrolysis) is 1. The minimum Gasteiger partial charge on any atom is -0.444 e. The highest BCUT2D eigenvalue weighted by molar-refractivity contribution is 5.67. The molecule has 0 spiro atoms. The zero-order valence-corrected chi connectivity index (χ0v) is 13.3. The molecule has 0 unspecified atom stereocenters. The summed E-state index contributed by atoms with van der Waals surface area (Å²) in [7, 11) is 0. The van der Waals surface area contributed by atoms with E-state index in [-0.39, 0.29) is 0 Å². The van der Waals surface area contributed by atoms with E-state index in [0.717, 1.165) is 19.4 Å². The fraction of sp³-hybridized carbons (Fsp3) is 0.800. The molecule has 0 rings (SSSR count). The highest BCUT2D eigenvalue weighted by Gasteiger charge is 2.15. The minimum absolute atomic E-state index is 0.395. The van der Waals surface area contributed by atoms with Crippen LogP contribution in [0.2, 0.25) is 0 Å². The molecule has 0 aromatic carbocycles. The van der Waals surface area contributed by atoms with Gasteiger partial charge in [-0.1, -0.05) is 0 Å².